The van der Waals surface area contributed by atoms with Gasteiger partial charge in [0.25, 0.3) is 0 Å². The van der Waals surface area contributed by atoms with Gasteiger partial charge in [-0.3, -0.25) is 5.32 Å². The second kappa shape index (κ2) is 5.88. The van der Waals surface area contributed by atoms with Crippen molar-refractivity contribution >= 4 is 22.5 Å². The van der Waals surface area contributed by atoms with Gasteiger partial charge in [0, 0.05) is 18.0 Å². The van der Waals surface area contributed by atoms with Crippen LogP contribution in [-0.4, -0.2) is 47.3 Å². The lowest BCUT2D eigenvalue weighted by atomic mass is 9.96. The molecule has 0 atom stereocenters. The molecule has 2 fully saturated rings. The predicted octanol–water partition coefficient (Wildman–Crippen LogP) is 2.41. The van der Waals surface area contributed by atoms with Gasteiger partial charge in [0.2, 0.25) is 5.13 Å². The highest BCUT2D eigenvalue weighted by Gasteiger charge is 2.36. The number of urea groups is 1. The third kappa shape index (κ3) is 3.35. The molecule has 0 aromatic carbocycles. The summed E-state index contributed by atoms with van der Waals surface area (Å²) in [6.07, 6.45) is 7.17. The summed E-state index contributed by atoms with van der Waals surface area (Å²) < 4.78 is 0. The van der Waals surface area contributed by atoms with Gasteiger partial charge in [-0.15, -0.1) is 10.2 Å². The number of nitrogens with one attached hydrogen (secondary N) is 2. The number of nitrogens with zero attached hydrogens (tertiary/aromatic N) is 3. The quantitative estimate of drug-likeness (QED) is 0.876. The lowest BCUT2D eigenvalue weighted by Crippen LogP contribution is -2.51. The van der Waals surface area contributed by atoms with Crippen molar-refractivity contribution in [2.75, 3.05) is 26.0 Å². The highest BCUT2D eigenvalue weighted by molar-refractivity contribution is 7.15. The zero-order chi connectivity index (χ0) is 14.9. The summed E-state index contributed by atoms with van der Waals surface area (Å²) in [6, 6.07) is -0.179. The molecule has 1 aromatic rings. The van der Waals surface area contributed by atoms with Crippen LogP contribution >= 0.6 is 11.3 Å². The summed E-state index contributed by atoms with van der Waals surface area (Å²) in [5.41, 5.74) is 0.109. The summed E-state index contributed by atoms with van der Waals surface area (Å²) in [6.45, 7) is 0.681. The van der Waals surface area contributed by atoms with Gasteiger partial charge in [-0.1, -0.05) is 24.2 Å². The van der Waals surface area contributed by atoms with E-state index in [9.17, 15) is 4.79 Å². The Morgan fingerprint density at radius 2 is 2.05 bits per heavy atom. The number of amides is 2. The third-order valence-corrected chi connectivity index (χ3v) is 5.65. The van der Waals surface area contributed by atoms with Crippen LogP contribution in [-0.2, 0) is 0 Å². The van der Waals surface area contributed by atoms with Crippen molar-refractivity contribution < 1.29 is 4.79 Å². The Hall–Kier alpha value is -1.21. The van der Waals surface area contributed by atoms with Crippen LogP contribution in [0.15, 0.2) is 0 Å². The van der Waals surface area contributed by atoms with Crippen LogP contribution < -0.4 is 10.6 Å². The molecule has 0 radical (unpaired) electrons. The van der Waals surface area contributed by atoms with E-state index in [4.69, 9.17) is 0 Å². The Balaban J connectivity index is 1.51. The molecule has 2 amide bonds. The summed E-state index contributed by atoms with van der Waals surface area (Å²) in [5, 5.41) is 15.6. The van der Waals surface area contributed by atoms with Crippen molar-refractivity contribution in [2.24, 2.45) is 0 Å². The zero-order valence-corrected chi connectivity index (χ0v) is 13.5. The maximum absolute atomic E-state index is 12.0. The van der Waals surface area contributed by atoms with Crippen LogP contribution in [0.25, 0.3) is 0 Å². The third-order valence-electron chi connectivity index (χ3n) is 4.65. The molecule has 3 rings (SSSR count). The molecule has 7 heteroatoms. The van der Waals surface area contributed by atoms with Gasteiger partial charge < -0.3 is 10.2 Å². The molecule has 2 aliphatic carbocycles. The van der Waals surface area contributed by atoms with E-state index in [-0.39, 0.29) is 11.6 Å². The molecular weight excluding hydrogens is 286 g/mol. The smallest absolute Gasteiger partial charge is 0.321 e. The second-order valence-corrected chi connectivity index (χ2v) is 7.36. The molecule has 2 saturated carbocycles. The minimum Gasteiger partial charge on any atom is -0.336 e. The van der Waals surface area contributed by atoms with Gasteiger partial charge in [0.1, 0.15) is 5.01 Å². The minimum atomic E-state index is -0.179. The number of carbonyl (C=O) groups is 1. The lowest BCUT2D eigenvalue weighted by Gasteiger charge is -2.36. The van der Waals surface area contributed by atoms with Gasteiger partial charge in [-0.2, -0.15) is 0 Å². The maximum Gasteiger partial charge on any atom is 0.321 e. The van der Waals surface area contributed by atoms with E-state index in [1.807, 2.05) is 0 Å². The Morgan fingerprint density at radius 3 is 2.67 bits per heavy atom. The average molecular weight is 309 g/mol. The first-order valence-electron chi connectivity index (χ1n) is 7.65. The van der Waals surface area contributed by atoms with E-state index in [0.29, 0.717) is 17.6 Å². The molecule has 2 aliphatic rings. The fraction of sp³-hybridized carbons (Fsp3) is 0.786. The Bertz CT molecular complexity index is 505. The van der Waals surface area contributed by atoms with E-state index in [1.165, 1.54) is 37.0 Å². The normalized spacial score (nSPS) is 20.7. The Kier molecular flexibility index (Phi) is 4.12. The number of hydrogen-bond donors (Lipinski definition) is 2. The molecule has 1 aromatic heterocycles. The van der Waals surface area contributed by atoms with Crippen LogP contribution in [0, 0.1) is 0 Å². The topological polar surface area (TPSA) is 70.2 Å². The molecule has 21 heavy (non-hydrogen) atoms. The zero-order valence-electron chi connectivity index (χ0n) is 12.7. The molecule has 0 saturated heterocycles. The van der Waals surface area contributed by atoms with E-state index in [2.05, 4.69) is 39.8 Å². The van der Waals surface area contributed by atoms with Crippen molar-refractivity contribution in [1.82, 2.24) is 20.4 Å². The minimum absolute atomic E-state index is 0.109. The molecule has 1 heterocycles. The van der Waals surface area contributed by atoms with Crippen molar-refractivity contribution in [2.45, 2.75) is 50.0 Å². The van der Waals surface area contributed by atoms with E-state index in [1.54, 1.807) is 0 Å². The first-order chi connectivity index (χ1) is 10.1. The van der Waals surface area contributed by atoms with Gasteiger partial charge in [-0.05, 0) is 39.8 Å². The number of anilines is 1. The van der Waals surface area contributed by atoms with Crippen molar-refractivity contribution in [1.29, 1.82) is 0 Å². The Morgan fingerprint density at radius 1 is 1.33 bits per heavy atom. The molecule has 6 nitrogen and oxygen atoms in total. The fourth-order valence-electron chi connectivity index (χ4n) is 2.98. The van der Waals surface area contributed by atoms with Crippen molar-refractivity contribution in [3.05, 3.63) is 5.01 Å². The van der Waals surface area contributed by atoms with Crippen LogP contribution in [0.2, 0.25) is 0 Å². The lowest BCUT2D eigenvalue weighted by molar-refractivity contribution is 0.156. The van der Waals surface area contributed by atoms with Crippen molar-refractivity contribution in [3.63, 3.8) is 0 Å². The second-order valence-electron chi connectivity index (χ2n) is 6.35. The van der Waals surface area contributed by atoms with Crippen LogP contribution in [0.5, 0.6) is 0 Å². The van der Waals surface area contributed by atoms with Gasteiger partial charge in [0.15, 0.2) is 0 Å². The summed E-state index contributed by atoms with van der Waals surface area (Å²) in [7, 11) is 4.19. The van der Waals surface area contributed by atoms with Gasteiger partial charge >= 0.3 is 6.03 Å². The summed E-state index contributed by atoms with van der Waals surface area (Å²) in [4.78, 5) is 14.3. The highest BCUT2D eigenvalue weighted by atomic mass is 32.1. The molecule has 0 spiro atoms. The number of aromatic nitrogens is 2. The predicted molar refractivity (Wildman–Crippen MR) is 83.8 cm³/mol. The molecule has 0 unspecified atom stereocenters. The summed E-state index contributed by atoms with van der Waals surface area (Å²) >= 11 is 1.49. The van der Waals surface area contributed by atoms with E-state index >= 15 is 0 Å². The first kappa shape index (κ1) is 14.7. The number of carbonyl (C=O) groups excluding carboxylic acids is 1. The van der Waals surface area contributed by atoms with Crippen molar-refractivity contribution in [3.8, 4) is 0 Å². The highest BCUT2D eigenvalue weighted by Crippen LogP contribution is 2.42. The van der Waals surface area contributed by atoms with Crippen LogP contribution in [0.4, 0.5) is 9.93 Å². The molecule has 2 N–H and O–H groups in total. The number of likely N-dealkylation sites (N-methyl/N-ethyl adjacent to an activating group) is 1. The monoisotopic (exact) mass is 309 g/mol. The SMILES string of the molecule is CN(C)C1(CNC(=O)Nc2nnc(C3CC3)s2)CCCC1. The first-order valence-corrected chi connectivity index (χ1v) is 8.46. The average Bonchev–Trinajstić information content (AvgIpc) is 3.01. The fourth-order valence-corrected chi connectivity index (χ4v) is 3.89. The molecule has 0 aliphatic heterocycles. The number of rotatable bonds is 5. The van der Waals surface area contributed by atoms with E-state index in [0.717, 1.165) is 17.8 Å². The number of hydrogen-bond acceptors (Lipinski definition) is 5. The van der Waals surface area contributed by atoms with Crippen LogP contribution in [0.1, 0.15) is 49.5 Å². The van der Waals surface area contributed by atoms with Gasteiger partial charge in [-0.25, -0.2) is 4.79 Å². The maximum atomic E-state index is 12.0. The largest absolute Gasteiger partial charge is 0.336 e. The van der Waals surface area contributed by atoms with Gasteiger partial charge in [0.05, 0.1) is 0 Å². The molecule has 116 valence electrons. The standard InChI is InChI=1S/C14H23N5OS/c1-19(2)14(7-3-4-8-14)9-15-12(20)16-13-18-17-11(21-13)10-5-6-10/h10H,3-9H2,1-2H3,(H2,15,16,18,20). The van der Waals surface area contributed by atoms with Crippen LogP contribution in [0.3, 0.4) is 0 Å². The summed E-state index contributed by atoms with van der Waals surface area (Å²) in [5.74, 6) is 0.580. The Labute approximate surface area is 129 Å². The van der Waals surface area contributed by atoms with E-state index < -0.39 is 0 Å². The molecule has 0 bridgehead atoms. The molecular formula is C14H23N5OS.